The zero-order valence-electron chi connectivity index (χ0n) is 13.3. The maximum Gasteiger partial charge on any atom is 0.246 e. The fourth-order valence-corrected chi connectivity index (χ4v) is 5.18. The van der Waals surface area contributed by atoms with Crippen LogP contribution in [0.25, 0.3) is 0 Å². The summed E-state index contributed by atoms with van der Waals surface area (Å²) in [5.74, 6) is -0.396. The van der Waals surface area contributed by atoms with Gasteiger partial charge in [0.1, 0.15) is 4.90 Å². The summed E-state index contributed by atoms with van der Waals surface area (Å²) in [5, 5.41) is 2.73. The average molecular weight is 446 g/mol. The van der Waals surface area contributed by atoms with Crippen molar-refractivity contribution in [3.05, 3.63) is 26.7 Å². The minimum atomic E-state index is -3.99. The summed E-state index contributed by atoms with van der Waals surface area (Å²) in [6.07, 6.45) is 0. The first kappa shape index (κ1) is 20.7. The molecule has 0 heterocycles. The number of benzene rings is 1. The third kappa shape index (κ3) is 5.60. The molecule has 1 aromatic rings. The second-order valence-corrected chi connectivity index (χ2v) is 9.53. The second-order valence-electron chi connectivity index (χ2n) is 5.93. The number of rotatable bonds is 5. The van der Waals surface area contributed by atoms with Crippen LogP contribution in [-0.4, -0.2) is 37.3 Å². The van der Waals surface area contributed by atoms with Crippen LogP contribution in [0, 0.1) is 0 Å². The van der Waals surface area contributed by atoms with Gasteiger partial charge in [0.25, 0.3) is 0 Å². The van der Waals surface area contributed by atoms with E-state index in [0.29, 0.717) is 4.47 Å². The van der Waals surface area contributed by atoms with Gasteiger partial charge in [-0.25, -0.2) is 8.42 Å². The van der Waals surface area contributed by atoms with Crippen molar-refractivity contribution >= 4 is 55.1 Å². The molecule has 0 aromatic heterocycles. The Kier molecular flexibility index (Phi) is 6.93. The topological polar surface area (TPSA) is 66.5 Å². The van der Waals surface area contributed by atoms with E-state index >= 15 is 0 Å². The maximum atomic E-state index is 12.8. The summed E-state index contributed by atoms with van der Waals surface area (Å²) in [6, 6.07) is 2.90. The highest BCUT2D eigenvalue weighted by atomic mass is 79.9. The van der Waals surface area contributed by atoms with Gasteiger partial charge in [-0.05, 0) is 32.9 Å². The minimum absolute atomic E-state index is 0.000875. The van der Waals surface area contributed by atoms with Crippen LogP contribution in [0.3, 0.4) is 0 Å². The van der Waals surface area contributed by atoms with Gasteiger partial charge < -0.3 is 5.32 Å². The molecule has 1 N–H and O–H groups in total. The molecule has 130 valence electrons. The molecular weight excluding hydrogens is 427 g/mol. The quantitative estimate of drug-likeness (QED) is 0.751. The van der Waals surface area contributed by atoms with Gasteiger partial charge in [0.2, 0.25) is 15.9 Å². The second kappa shape index (κ2) is 7.70. The van der Waals surface area contributed by atoms with Crippen LogP contribution in [0.1, 0.15) is 27.7 Å². The van der Waals surface area contributed by atoms with Gasteiger partial charge in [0.15, 0.2) is 0 Å². The number of nitrogens with one attached hydrogen (secondary N) is 1. The molecule has 0 spiro atoms. The Morgan fingerprint density at radius 3 is 2.13 bits per heavy atom. The monoisotopic (exact) mass is 444 g/mol. The Labute approximate surface area is 155 Å². The molecule has 9 heteroatoms. The zero-order chi connectivity index (χ0) is 18.0. The first-order valence-electron chi connectivity index (χ1n) is 6.84. The smallest absolute Gasteiger partial charge is 0.246 e. The molecule has 23 heavy (non-hydrogen) atoms. The van der Waals surface area contributed by atoms with Crippen LogP contribution in [0.2, 0.25) is 10.0 Å². The van der Waals surface area contributed by atoms with E-state index in [9.17, 15) is 13.2 Å². The van der Waals surface area contributed by atoms with E-state index in [0.717, 1.165) is 4.31 Å². The van der Waals surface area contributed by atoms with Gasteiger partial charge in [-0.1, -0.05) is 46.1 Å². The SMILES string of the molecule is CCN(CC(=O)NC(C)(C)C)S(=O)(=O)c1c(Cl)cc(Br)cc1Cl. The molecular formula is C14H19BrCl2N2O3S. The first-order valence-corrected chi connectivity index (χ1v) is 9.83. The van der Waals surface area contributed by atoms with Gasteiger partial charge in [0, 0.05) is 16.6 Å². The number of likely N-dealkylation sites (N-methyl/N-ethyl adjacent to an activating group) is 1. The largest absolute Gasteiger partial charge is 0.350 e. The van der Waals surface area contributed by atoms with Crippen molar-refractivity contribution < 1.29 is 13.2 Å². The molecule has 0 bridgehead atoms. The van der Waals surface area contributed by atoms with E-state index in [4.69, 9.17) is 23.2 Å². The van der Waals surface area contributed by atoms with Gasteiger partial charge >= 0.3 is 0 Å². The molecule has 0 atom stereocenters. The van der Waals surface area contributed by atoms with Crippen LogP contribution < -0.4 is 5.32 Å². The normalized spacial score (nSPS) is 12.5. The van der Waals surface area contributed by atoms with Gasteiger partial charge in [0.05, 0.1) is 16.6 Å². The summed E-state index contributed by atoms with van der Waals surface area (Å²) in [7, 11) is -3.99. The number of amides is 1. The highest BCUT2D eigenvalue weighted by Crippen LogP contribution is 2.34. The average Bonchev–Trinajstić information content (AvgIpc) is 2.31. The Morgan fingerprint density at radius 2 is 1.74 bits per heavy atom. The standard InChI is InChI=1S/C14H19BrCl2N2O3S/c1-5-19(8-12(20)18-14(2,3)4)23(21,22)13-10(16)6-9(15)7-11(13)17/h6-7H,5,8H2,1-4H3,(H,18,20). The molecule has 0 saturated carbocycles. The van der Waals surface area contributed by atoms with Crippen molar-refractivity contribution in [2.24, 2.45) is 0 Å². The van der Waals surface area contributed by atoms with E-state index in [1.54, 1.807) is 6.92 Å². The van der Waals surface area contributed by atoms with Crippen LogP contribution in [-0.2, 0) is 14.8 Å². The molecule has 1 rings (SSSR count). The lowest BCUT2D eigenvalue weighted by Gasteiger charge is -2.25. The number of hydrogen-bond donors (Lipinski definition) is 1. The van der Waals surface area contributed by atoms with Crippen LogP contribution in [0.5, 0.6) is 0 Å². The Hall–Kier alpha value is -0.340. The van der Waals surface area contributed by atoms with Crippen molar-refractivity contribution in [1.82, 2.24) is 9.62 Å². The molecule has 1 aromatic carbocycles. The summed E-state index contributed by atoms with van der Waals surface area (Å²) < 4.78 is 27.2. The number of carbonyl (C=O) groups is 1. The number of carbonyl (C=O) groups excluding carboxylic acids is 1. The zero-order valence-corrected chi connectivity index (χ0v) is 17.2. The van der Waals surface area contributed by atoms with E-state index in [-0.39, 0.29) is 28.0 Å². The van der Waals surface area contributed by atoms with Crippen LogP contribution >= 0.6 is 39.1 Å². The fraction of sp³-hybridized carbons (Fsp3) is 0.500. The third-order valence-electron chi connectivity index (χ3n) is 2.75. The lowest BCUT2D eigenvalue weighted by molar-refractivity contribution is -0.122. The van der Waals surface area contributed by atoms with E-state index < -0.39 is 21.5 Å². The number of halogens is 3. The summed E-state index contributed by atoms with van der Waals surface area (Å²) >= 11 is 15.3. The number of hydrogen-bond acceptors (Lipinski definition) is 3. The Balaban J connectivity index is 3.17. The van der Waals surface area contributed by atoms with Crippen molar-refractivity contribution in [3.8, 4) is 0 Å². The first-order chi connectivity index (χ1) is 10.4. The Bertz CT molecular complexity index is 679. The predicted molar refractivity (Wildman–Crippen MR) is 96.5 cm³/mol. The van der Waals surface area contributed by atoms with Crippen LogP contribution in [0.4, 0.5) is 0 Å². The summed E-state index contributed by atoms with van der Waals surface area (Å²) in [6.45, 7) is 6.90. The van der Waals surface area contributed by atoms with Gasteiger partial charge in [-0.2, -0.15) is 4.31 Å². The minimum Gasteiger partial charge on any atom is -0.350 e. The summed E-state index contributed by atoms with van der Waals surface area (Å²) in [4.78, 5) is 11.8. The molecule has 0 aliphatic carbocycles. The number of nitrogens with zero attached hydrogens (tertiary/aromatic N) is 1. The lowest BCUT2D eigenvalue weighted by Crippen LogP contribution is -2.47. The molecule has 0 unspecified atom stereocenters. The molecule has 5 nitrogen and oxygen atoms in total. The molecule has 0 fully saturated rings. The molecule has 0 saturated heterocycles. The lowest BCUT2D eigenvalue weighted by atomic mass is 10.1. The third-order valence-corrected chi connectivity index (χ3v) is 6.05. The Morgan fingerprint density at radius 1 is 1.26 bits per heavy atom. The molecule has 0 aliphatic rings. The van der Waals surface area contributed by atoms with Gasteiger partial charge in [-0.15, -0.1) is 0 Å². The van der Waals surface area contributed by atoms with E-state index in [1.807, 2.05) is 20.8 Å². The fourth-order valence-electron chi connectivity index (χ4n) is 1.89. The number of sulfonamides is 1. The van der Waals surface area contributed by atoms with Crippen molar-refractivity contribution in [2.45, 2.75) is 38.1 Å². The highest BCUT2D eigenvalue weighted by molar-refractivity contribution is 9.10. The van der Waals surface area contributed by atoms with Crippen molar-refractivity contribution in [3.63, 3.8) is 0 Å². The maximum absolute atomic E-state index is 12.8. The van der Waals surface area contributed by atoms with E-state index in [1.165, 1.54) is 12.1 Å². The van der Waals surface area contributed by atoms with Crippen molar-refractivity contribution in [1.29, 1.82) is 0 Å². The van der Waals surface area contributed by atoms with E-state index in [2.05, 4.69) is 21.2 Å². The molecule has 0 aliphatic heterocycles. The summed E-state index contributed by atoms with van der Waals surface area (Å²) in [5.41, 5.74) is -0.451. The van der Waals surface area contributed by atoms with Crippen molar-refractivity contribution in [2.75, 3.05) is 13.1 Å². The highest BCUT2D eigenvalue weighted by Gasteiger charge is 2.30. The van der Waals surface area contributed by atoms with Crippen LogP contribution in [0.15, 0.2) is 21.5 Å². The predicted octanol–water partition coefficient (Wildman–Crippen LogP) is 3.68. The van der Waals surface area contributed by atoms with Gasteiger partial charge in [-0.3, -0.25) is 4.79 Å². The molecule has 1 amide bonds. The molecule has 0 radical (unpaired) electrons.